The van der Waals surface area contributed by atoms with Crippen LogP contribution in [0.15, 0.2) is 29.4 Å². The average molecular weight is 290 g/mol. The monoisotopic (exact) mass is 290 g/mol. The summed E-state index contributed by atoms with van der Waals surface area (Å²) in [4.78, 5) is 16.5. The molecule has 1 aromatic rings. The van der Waals surface area contributed by atoms with E-state index in [4.69, 9.17) is 10.9 Å². The first-order chi connectivity index (χ1) is 10.0. The number of nitrogens with zero attached hydrogens (tertiary/aromatic N) is 3. The van der Waals surface area contributed by atoms with E-state index in [0.717, 1.165) is 26.1 Å². The maximum atomic E-state index is 12.4. The molecular weight excluding hydrogens is 268 g/mol. The van der Waals surface area contributed by atoms with Crippen LogP contribution in [0.5, 0.6) is 0 Å². The molecule has 1 atom stereocenters. The number of benzene rings is 1. The highest BCUT2D eigenvalue weighted by Gasteiger charge is 2.23. The minimum absolute atomic E-state index is 0.00437. The van der Waals surface area contributed by atoms with Crippen molar-refractivity contribution in [2.45, 2.75) is 6.42 Å². The molecule has 0 saturated carbocycles. The molecule has 2 rings (SSSR count). The summed E-state index contributed by atoms with van der Waals surface area (Å²) in [5.74, 6) is 0.484. The minimum atomic E-state index is -0.0443. The molecule has 1 unspecified atom stereocenters. The lowest BCUT2D eigenvalue weighted by Gasteiger charge is -2.21. The highest BCUT2D eigenvalue weighted by atomic mass is 16.4. The zero-order valence-corrected chi connectivity index (χ0v) is 12.5. The summed E-state index contributed by atoms with van der Waals surface area (Å²) >= 11 is 0. The summed E-state index contributed by atoms with van der Waals surface area (Å²) in [6.07, 6.45) is 1.12. The van der Waals surface area contributed by atoms with Crippen molar-refractivity contribution in [3.05, 3.63) is 35.4 Å². The molecule has 1 aromatic carbocycles. The van der Waals surface area contributed by atoms with Crippen LogP contribution >= 0.6 is 0 Å². The van der Waals surface area contributed by atoms with Gasteiger partial charge in [0.05, 0.1) is 0 Å². The summed E-state index contributed by atoms with van der Waals surface area (Å²) in [6.45, 7) is 2.87. The van der Waals surface area contributed by atoms with Gasteiger partial charge in [0.2, 0.25) is 0 Å². The van der Waals surface area contributed by atoms with Crippen LogP contribution in [0.4, 0.5) is 0 Å². The van der Waals surface area contributed by atoms with Crippen LogP contribution in [0.3, 0.4) is 0 Å². The van der Waals surface area contributed by atoms with Gasteiger partial charge in [-0.1, -0.05) is 17.3 Å². The van der Waals surface area contributed by atoms with Crippen LogP contribution in [-0.2, 0) is 0 Å². The Kier molecular flexibility index (Phi) is 4.80. The normalized spacial score (nSPS) is 19.7. The van der Waals surface area contributed by atoms with Gasteiger partial charge < -0.3 is 20.7 Å². The largest absolute Gasteiger partial charge is 0.409 e. The summed E-state index contributed by atoms with van der Waals surface area (Å²) in [5, 5.41) is 11.7. The molecule has 1 fully saturated rings. The third kappa shape index (κ3) is 3.72. The number of amidine groups is 1. The van der Waals surface area contributed by atoms with Gasteiger partial charge in [0, 0.05) is 31.3 Å². The van der Waals surface area contributed by atoms with Gasteiger partial charge in [0.25, 0.3) is 5.91 Å². The predicted molar refractivity (Wildman–Crippen MR) is 81.5 cm³/mol. The lowest BCUT2D eigenvalue weighted by atomic mass is 10.1. The lowest BCUT2D eigenvalue weighted by molar-refractivity contribution is 0.0774. The fraction of sp³-hybridized carbons (Fsp3) is 0.467. The number of nitrogens with two attached hydrogens (primary N) is 1. The summed E-state index contributed by atoms with van der Waals surface area (Å²) < 4.78 is 0. The molecule has 1 heterocycles. The van der Waals surface area contributed by atoms with E-state index in [1.165, 1.54) is 0 Å². The number of hydrogen-bond donors (Lipinski definition) is 2. The Balaban J connectivity index is 2.05. The quantitative estimate of drug-likeness (QED) is 0.372. The average Bonchev–Trinajstić information content (AvgIpc) is 2.90. The molecular formula is C15H22N4O2. The first kappa shape index (κ1) is 15.3. The van der Waals surface area contributed by atoms with Crippen LogP contribution in [-0.4, -0.2) is 60.5 Å². The topological polar surface area (TPSA) is 82.2 Å². The molecule has 1 aliphatic rings. The van der Waals surface area contributed by atoms with Crippen molar-refractivity contribution in [3.63, 3.8) is 0 Å². The molecule has 1 aliphatic heterocycles. The fourth-order valence-electron chi connectivity index (χ4n) is 2.74. The first-order valence-electron chi connectivity index (χ1n) is 7.03. The van der Waals surface area contributed by atoms with Crippen LogP contribution in [0.2, 0.25) is 0 Å². The summed E-state index contributed by atoms with van der Waals surface area (Å²) in [5.41, 5.74) is 6.64. The molecule has 0 radical (unpaired) electrons. The summed E-state index contributed by atoms with van der Waals surface area (Å²) in [6, 6.07) is 6.83. The molecule has 6 nitrogen and oxygen atoms in total. The van der Waals surface area contributed by atoms with E-state index < -0.39 is 0 Å². The Morgan fingerprint density at radius 3 is 2.86 bits per heavy atom. The van der Waals surface area contributed by atoms with Gasteiger partial charge in [0.15, 0.2) is 5.84 Å². The molecule has 0 spiro atoms. The molecule has 21 heavy (non-hydrogen) atoms. The molecule has 3 N–H and O–H groups in total. The van der Waals surface area contributed by atoms with E-state index >= 15 is 0 Å². The van der Waals surface area contributed by atoms with Gasteiger partial charge in [-0.3, -0.25) is 4.79 Å². The van der Waals surface area contributed by atoms with Crippen molar-refractivity contribution >= 4 is 11.7 Å². The molecule has 6 heteroatoms. The van der Waals surface area contributed by atoms with Crippen molar-refractivity contribution in [3.8, 4) is 0 Å². The smallest absolute Gasteiger partial charge is 0.253 e. The van der Waals surface area contributed by atoms with Crippen LogP contribution in [0.1, 0.15) is 22.3 Å². The van der Waals surface area contributed by atoms with E-state index in [0.29, 0.717) is 17.0 Å². The lowest BCUT2D eigenvalue weighted by Crippen LogP contribution is -2.33. The van der Waals surface area contributed by atoms with Gasteiger partial charge >= 0.3 is 0 Å². The molecule has 0 aliphatic carbocycles. The molecule has 0 bridgehead atoms. The van der Waals surface area contributed by atoms with Gasteiger partial charge in [0.1, 0.15) is 0 Å². The van der Waals surface area contributed by atoms with E-state index in [1.54, 1.807) is 29.2 Å². The van der Waals surface area contributed by atoms with E-state index in [2.05, 4.69) is 17.1 Å². The van der Waals surface area contributed by atoms with E-state index in [-0.39, 0.29) is 11.7 Å². The number of rotatable bonds is 4. The Morgan fingerprint density at radius 2 is 2.24 bits per heavy atom. The van der Waals surface area contributed by atoms with Crippen LogP contribution in [0, 0.1) is 5.92 Å². The van der Waals surface area contributed by atoms with Gasteiger partial charge in [-0.15, -0.1) is 0 Å². The number of oxime groups is 1. The number of hydrogen-bond acceptors (Lipinski definition) is 4. The van der Waals surface area contributed by atoms with Crippen molar-refractivity contribution in [2.24, 2.45) is 16.8 Å². The van der Waals surface area contributed by atoms with Crippen molar-refractivity contribution in [1.29, 1.82) is 0 Å². The van der Waals surface area contributed by atoms with E-state index in [1.807, 2.05) is 7.05 Å². The van der Waals surface area contributed by atoms with Crippen LogP contribution < -0.4 is 5.73 Å². The highest BCUT2D eigenvalue weighted by Crippen LogP contribution is 2.16. The van der Waals surface area contributed by atoms with Crippen molar-refractivity contribution < 1.29 is 10.0 Å². The number of carbonyl (C=O) groups excluding carboxylic acids is 1. The Bertz CT molecular complexity index is 544. The maximum absolute atomic E-state index is 12.4. The number of amides is 1. The second-order valence-corrected chi connectivity index (χ2v) is 5.67. The van der Waals surface area contributed by atoms with Crippen molar-refractivity contribution in [2.75, 3.05) is 33.7 Å². The Labute approximate surface area is 124 Å². The number of likely N-dealkylation sites (tertiary alicyclic amines) is 1. The number of carbonyl (C=O) groups is 1. The third-order valence-corrected chi connectivity index (χ3v) is 3.88. The second kappa shape index (κ2) is 6.58. The second-order valence-electron chi connectivity index (χ2n) is 5.67. The predicted octanol–water partition coefficient (Wildman–Crippen LogP) is 0.805. The molecule has 0 aromatic heterocycles. The SMILES string of the molecule is CN1CCC(CN(C)C(=O)c2cccc(C(N)=NO)c2)C1. The molecule has 114 valence electrons. The highest BCUT2D eigenvalue weighted by molar-refractivity contribution is 6.01. The van der Waals surface area contributed by atoms with E-state index in [9.17, 15) is 4.79 Å². The molecule has 1 saturated heterocycles. The minimum Gasteiger partial charge on any atom is -0.409 e. The first-order valence-corrected chi connectivity index (χ1v) is 7.03. The summed E-state index contributed by atoms with van der Waals surface area (Å²) in [7, 11) is 3.92. The van der Waals surface area contributed by atoms with Crippen molar-refractivity contribution in [1.82, 2.24) is 9.80 Å². The molecule has 1 amide bonds. The van der Waals surface area contributed by atoms with Gasteiger partial charge in [-0.2, -0.15) is 0 Å². The zero-order chi connectivity index (χ0) is 15.4. The standard InChI is InChI=1S/C15H22N4O2/c1-18-7-6-11(9-18)10-19(2)15(20)13-5-3-4-12(8-13)14(16)17-21/h3-5,8,11,21H,6-7,9-10H2,1-2H3,(H2,16,17). The Morgan fingerprint density at radius 1 is 1.52 bits per heavy atom. The maximum Gasteiger partial charge on any atom is 0.253 e. The Hall–Kier alpha value is -2.08. The fourth-order valence-corrected chi connectivity index (χ4v) is 2.74. The zero-order valence-electron chi connectivity index (χ0n) is 12.5. The van der Waals surface area contributed by atoms with Crippen LogP contribution in [0.25, 0.3) is 0 Å². The third-order valence-electron chi connectivity index (χ3n) is 3.88. The van der Waals surface area contributed by atoms with Gasteiger partial charge in [-0.25, -0.2) is 0 Å². The van der Waals surface area contributed by atoms with Gasteiger partial charge in [-0.05, 0) is 38.1 Å².